The topological polar surface area (TPSA) is 86.7 Å². The SMILES string of the molecule is CC(=O)c1ccc(NC(=O)C(=O)N2CCCCC2CCO)cc1. The van der Waals surface area contributed by atoms with E-state index in [9.17, 15) is 14.4 Å². The Kier molecular flexibility index (Phi) is 5.87. The number of aliphatic hydroxyl groups is 1. The molecule has 0 radical (unpaired) electrons. The van der Waals surface area contributed by atoms with Gasteiger partial charge in [0.2, 0.25) is 0 Å². The number of ketones is 1. The number of hydrogen-bond donors (Lipinski definition) is 2. The smallest absolute Gasteiger partial charge is 0.313 e. The van der Waals surface area contributed by atoms with Crippen LogP contribution in [0.3, 0.4) is 0 Å². The summed E-state index contributed by atoms with van der Waals surface area (Å²) in [6.07, 6.45) is 3.18. The van der Waals surface area contributed by atoms with Gasteiger partial charge in [-0.3, -0.25) is 14.4 Å². The Morgan fingerprint density at radius 1 is 1.22 bits per heavy atom. The number of rotatable bonds is 4. The van der Waals surface area contributed by atoms with Crippen molar-refractivity contribution in [3.8, 4) is 0 Å². The van der Waals surface area contributed by atoms with Crippen LogP contribution in [0.25, 0.3) is 0 Å². The number of anilines is 1. The number of nitrogens with zero attached hydrogens (tertiary/aromatic N) is 1. The van der Waals surface area contributed by atoms with Crippen molar-refractivity contribution in [2.24, 2.45) is 0 Å². The van der Waals surface area contributed by atoms with Gasteiger partial charge in [0.25, 0.3) is 0 Å². The maximum atomic E-state index is 12.3. The van der Waals surface area contributed by atoms with Gasteiger partial charge in [0.1, 0.15) is 0 Å². The van der Waals surface area contributed by atoms with Crippen molar-refractivity contribution >= 4 is 23.3 Å². The standard InChI is InChI=1S/C17H22N2O4/c1-12(21)13-5-7-14(8-6-13)18-16(22)17(23)19-10-3-2-4-15(19)9-11-20/h5-8,15,20H,2-4,9-11H2,1H3,(H,18,22). The monoisotopic (exact) mass is 318 g/mol. The van der Waals surface area contributed by atoms with Crippen LogP contribution >= 0.6 is 0 Å². The summed E-state index contributed by atoms with van der Waals surface area (Å²) < 4.78 is 0. The van der Waals surface area contributed by atoms with Crippen molar-refractivity contribution in [1.82, 2.24) is 4.90 Å². The molecule has 6 heteroatoms. The van der Waals surface area contributed by atoms with Gasteiger partial charge in [-0.1, -0.05) is 0 Å². The van der Waals surface area contributed by atoms with Crippen LogP contribution in [0.5, 0.6) is 0 Å². The lowest BCUT2D eigenvalue weighted by Crippen LogP contribution is -2.48. The van der Waals surface area contributed by atoms with Crippen molar-refractivity contribution in [3.63, 3.8) is 0 Å². The van der Waals surface area contributed by atoms with Gasteiger partial charge in [-0.15, -0.1) is 0 Å². The molecule has 0 saturated carbocycles. The maximum absolute atomic E-state index is 12.3. The molecule has 2 amide bonds. The molecular formula is C17H22N2O4. The molecule has 6 nitrogen and oxygen atoms in total. The summed E-state index contributed by atoms with van der Waals surface area (Å²) in [6.45, 7) is 2.01. The highest BCUT2D eigenvalue weighted by atomic mass is 16.3. The summed E-state index contributed by atoms with van der Waals surface area (Å²) in [5.41, 5.74) is 1.03. The molecule has 0 aromatic heterocycles. The Bertz CT molecular complexity index is 581. The fraction of sp³-hybridized carbons (Fsp3) is 0.471. The highest BCUT2D eigenvalue weighted by Gasteiger charge is 2.30. The van der Waals surface area contributed by atoms with E-state index in [1.54, 1.807) is 29.2 Å². The molecule has 1 fully saturated rings. The number of amides is 2. The second-order valence-electron chi connectivity index (χ2n) is 5.75. The Hall–Kier alpha value is -2.21. The van der Waals surface area contributed by atoms with Crippen LogP contribution in [0.1, 0.15) is 43.0 Å². The number of likely N-dealkylation sites (tertiary alicyclic amines) is 1. The molecular weight excluding hydrogens is 296 g/mol. The van der Waals surface area contributed by atoms with Crippen LogP contribution in [0.2, 0.25) is 0 Å². The van der Waals surface area contributed by atoms with Gasteiger partial charge >= 0.3 is 11.8 Å². The van der Waals surface area contributed by atoms with Crippen molar-refractivity contribution in [2.45, 2.75) is 38.6 Å². The molecule has 1 aromatic rings. The van der Waals surface area contributed by atoms with E-state index in [0.29, 0.717) is 24.2 Å². The van der Waals surface area contributed by atoms with E-state index >= 15 is 0 Å². The zero-order chi connectivity index (χ0) is 16.8. The minimum Gasteiger partial charge on any atom is -0.396 e. The van der Waals surface area contributed by atoms with Gasteiger partial charge in [-0.05, 0) is 56.9 Å². The Balaban J connectivity index is 2.01. The van der Waals surface area contributed by atoms with Crippen LogP contribution < -0.4 is 5.32 Å². The van der Waals surface area contributed by atoms with E-state index in [-0.39, 0.29) is 18.4 Å². The zero-order valence-corrected chi connectivity index (χ0v) is 13.2. The van der Waals surface area contributed by atoms with Gasteiger partial charge in [-0.25, -0.2) is 0 Å². The van der Waals surface area contributed by atoms with E-state index in [0.717, 1.165) is 19.3 Å². The van der Waals surface area contributed by atoms with Crippen LogP contribution in [0, 0.1) is 0 Å². The lowest BCUT2D eigenvalue weighted by Gasteiger charge is -2.35. The van der Waals surface area contributed by atoms with Gasteiger partial charge in [0, 0.05) is 30.4 Å². The molecule has 0 aliphatic carbocycles. The summed E-state index contributed by atoms with van der Waals surface area (Å²) in [4.78, 5) is 37.3. The zero-order valence-electron chi connectivity index (χ0n) is 13.2. The number of carbonyl (C=O) groups is 3. The number of carbonyl (C=O) groups excluding carboxylic acids is 3. The lowest BCUT2D eigenvalue weighted by atomic mass is 9.99. The number of Topliss-reactive ketones (excluding diaryl/α,β-unsaturated/α-hetero) is 1. The van der Waals surface area contributed by atoms with Crippen molar-refractivity contribution in [3.05, 3.63) is 29.8 Å². The number of aliphatic hydroxyl groups excluding tert-OH is 1. The molecule has 1 heterocycles. The van der Waals surface area contributed by atoms with Crippen LogP contribution in [0.15, 0.2) is 24.3 Å². The minimum absolute atomic E-state index is 0.00255. The molecule has 2 rings (SSSR count). The average Bonchev–Trinajstić information content (AvgIpc) is 2.55. The first kappa shape index (κ1) is 17.1. The number of hydrogen-bond acceptors (Lipinski definition) is 4. The largest absolute Gasteiger partial charge is 0.396 e. The Morgan fingerprint density at radius 3 is 2.52 bits per heavy atom. The van der Waals surface area contributed by atoms with Crippen LogP contribution in [-0.4, -0.2) is 46.8 Å². The molecule has 0 spiro atoms. The molecule has 0 bridgehead atoms. The third kappa shape index (κ3) is 4.39. The predicted molar refractivity (Wildman–Crippen MR) is 86.1 cm³/mol. The first-order valence-electron chi connectivity index (χ1n) is 7.86. The average molecular weight is 318 g/mol. The molecule has 1 saturated heterocycles. The second-order valence-corrected chi connectivity index (χ2v) is 5.75. The Morgan fingerprint density at radius 2 is 1.91 bits per heavy atom. The quantitative estimate of drug-likeness (QED) is 0.652. The Labute approximate surface area is 135 Å². The van der Waals surface area contributed by atoms with Gasteiger partial charge < -0.3 is 15.3 Å². The molecule has 1 unspecified atom stereocenters. The minimum atomic E-state index is -0.689. The highest BCUT2D eigenvalue weighted by Crippen LogP contribution is 2.20. The molecule has 1 aromatic carbocycles. The fourth-order valence-corrected chi connectivity index (χ4v) is 2.82. The van der Waals surface area contributed by atoms with Gasteiger partial charge in [-0.2, -0.15) is 0 Å². The van der Waals surface area contributed by atoms with Crippen molar-refractivity contribution in [1.29, 1.82) is 0 Å². The maximum Gasteiger partial charge on any atom is 0.313 e. The third-order valence-electron chi connectivity index (χ3n) is 4.09. The first-order chi connectivity index (χ1) is 11.0. The van der Waals surface area contributed by atoms with Gasteiger partial charge in [0.05, 0.1) is 0 Å². The van der Waals surface area contributed by atoms with Crippen molar-refractivity contribution in [2.75, 3.05) is 18.5 Å². The van der Waals surface area contributed by atoms with Gasteiger partial charge in [0.15, 0.2) is 5.78 Å². The molecule has 2 N–H and O–H groups in total. The van der Waals surface area contributed by atoms with E-state index in [1.165, 1.54) is 6.92 Å². The summed E-state index contributed by atoms with van der Waals surface area (Å²) in [6, 6.07) is 6.34. The molecule has 23 heavy (non-hydrogen) atoms. The van der Waals surface area contributed by atoms with Crippen LogP contribution in [0.4, 0.5) is 5.69 Å². The summed E-state index contributed by atoms with van der Waals surface area (Å²) in [7, 11) is 0. The molecule has 124 valence electrons. The normalized spacial score (nSPS) is 17.7. The van der Waals surface area contributed by atoms with Crippen LogP contribution in [-0.2, 0) is 9.59 Å². The second kappa shape index (κ2) is 7.87. The summed E-state index contributed by atoms with van der Waals surface area (Å²) in [5.74, 6) is -1.32. The van der Waals surface area contributed by atoms with E-state index < -0.39 is 11.8 Å². The number of benzene rings is 1. The van der Waals surface area contributed by atoms with E-state index in [1.807, 2.05) is 0 Å². The van der Waals surface area contributed by atoms with E-state index in [2.05, 4.69) is 5.32 Å². The highest BCUT2D eigenvalue weighted by molar-refractivity contribution is 6.39. The van der Waals surface area contributed by atoms with Crippen molar-refractivity contribution < 1.29 is 19.5 Å². The predicted octanol–water partition coefficient (Wildman–Crippen LogP) is 1.59. The molecule has 1 atom stereocenters. The van der Waals surface area contributed by atoms with E-state index in [4.69, 9.17) is 5.11 Å². The fourth-order valence-electron chi connectivity index (χ4n) is 2.82. The number of nitrogens with one attached hydrogen (secondary N) is 1. The summed E-state index contributed by atoms with van der Waals surface area (Å²) >= 11 is 0. The first-order valence-corrected chi connectivity index (χ1v) is 7.86. The third-order valence-corrected chi connectivity index (χ3v) is 4.09. The summed E-state index contributed by atoms with van der Waals surface area (Å²) in [5, 5.41) is 11.7. The molecule has 1 aliphatic heterocycles. The lowest BCUT2D eigenvalue weighted by molar-refractivity contribution is -0.146. The number of piperidine rings is 1. The molecule has 1 aliphatic rings.